The number of fused-ring (bicyclic) bond motifs is 1. The first-order valence-corrected chi connectivity index (χ1v) is 6.68. The van der Waals surface area contributed by atoms with Crippen molar-refractivity contribution in [2.24, 2.45) is 0 Å². The molecular weight excluding hydrogens is 232 g/mol. The number of nitrogens with zero attached hydrogens (tertiary/aromatic N) is 1. The van der Waals surface area contributed by atoms with Crippen LogP contribution in [0.15, 0.2) is 6.07 Å². The number of carbonyl (C=O) groups is 1. The summed E-state index contributed by atoms with van der Waals surface area (Å²) < 4.78 is 0. The zero-order valence-electron chi connectivity index (χ0n) is 10.1. The van der Waals surface area contributed by atoms with E-state index in [9.17, 15) is 4.79 Å². The summed E-state index contributed by atoms with van der Waals surface area (Å²) in [7, 11) is 0. The van der Waals surface area contributed by atoms with Crippen molar-refractivity contribution in [3.05, 3.63) is 22.2 Å². The first-order valence-electron chi connectivity index (χ1n) is 5.87. The highest BCUT2D eigenvalue weighted by molar-refractivity contribution is 7.20. The van der Waals surface area contributed by atoms with Crippen molar-refractivity contribution in [3.63, 3.8) is 0 Å². The molecule has 2 N–H and O–H groups in total. The van der Waals surface area contributed by atoms with E-state index in [-0.39, 0.29) is 0 Å². The smallest absolute Gasteiger partial charge is 0.162 e. The highest BCUT2D eigenvalue weighted by Gasteiger charge is 2.12. The Morgan fingerprint density at radius 3 is 2.82 bits per heavy atom. The van der Waals surface area contributed by atoms with Gasteiger partial charge >= 0.3 is 0 Å². The number of hydrogen-bond acceptors (Lipinski definition) is 4. The monoisotopic (exact) mass is 248 g/mol. The van der Waals surface area contributed by atoms with Gasteiger partial charge in [0.25, 0.3) is 0 Å². The van der Waals surface area contributed by atoms with Crippen LogP contribution in [0.5, 0.6) is 0 Å². The number of aromatic nitrogens is 1. The van der Waals surface area contributed by atoms with E-state index in [1.54, 1.807) is 0 Å². The van der Waals surface area contributed by atoms with Crippen LogP contribution >= 0.6 is 11.3 Å². The lowest BCUT2D eigenvalue weighted by atomic mass is 10.1. The standard InChI is InChI=1S/C13H16N2OS/c1-3-5-10-8(4-2)6-9-12(14)11(7-16)17-13(9)15-10/h6-7H,3-5,14H2,1-2H3. The summed E-state index contributed by atoms with van der Waals surface area (Å²) >= 11 is 1.38. The summed E-state index contributed by atoms with van der Waals surface area (Å²) in [5, 5.41) is 0.925. The van der Waals surface area contributed by atoms with Crippen molar-refractivity contribution in [2.75, 3.05) is 5.73 Å². The minimum absolute atomic E-state index is 0.574. The predicted octanol–water partition coefficient (Wildman–Crippen LogP) is 3.21. The second-order valence-electron chi connectivity index (χ2n) is 4.05. The highest BCUT2D eigenvalue weighted by Crippen LogP contribution is 2.32. The molecule has 0 radical (unpaired) electrons. The van der Waals surface area contributed by atoms with Crippen LogP contribution in [-0.4, -0.2) is 11.3 Å². The zero-order chi connectivity index (χ0) is 12.4. The average molecular weight is 248 g/mol. The Morgan fingerprint density at radius 2 is 2.24 bits per heavy atom. The molecular formula is C13H16N2OS. The van der Waals surface area contributed by atoms with Crippen LogP contribution in [0.2, 0.25) is 0 Å². The van der Waals surface area contributed by atoms with E-state index in [2.05, 4.69) is 24.9 Å². The molecule has 0 bridgehead atoms. The summed E-state index contributed by atoms with van der Waals surface area (Å²) in [5.41, 5.74) is 8.89. The largest absolute Gasteiger partial charge is 0.397 e. The molecule has 0 aliphatic carbocycles. The molecule has 2 heterocycles. The van der Waals surface area contributed by atoms with Gasteiger partial charge in [0.1, 0.15) is 4.83 Å². The molecule has 2 aromatic heterocycles. The number of thiophene rings is 1. The van der Waals surface area contributed by atoms with Crippen molar-refractivity contribution in [1.82, 2.24) is 4.98 Å². The Bertz CT molecular complexity index is 560. The molecule has 3 nitrogen and oxygen atoms in total. The van der Waals surface area contributed by atoms with Gasteiger partial charge in [-0.05, 0) is 24.5 Å². The Kier molecular flexibility index (Phi) is 3.43. The predicted molar refractivity (Wildman–Crippen MR) is 72.8 cm³/mol. The lowest BCUT2D eigenvalue weighted by molar-refractivity contribution is 0.112. The molecule has 4 heteroatoms. The van der Waals surface area contributed by atoms with Crippen molar-refractivity contribution >= 4 is 33.5 Å². The molecule has 2 rings (SSSR count). The number of aldehydes is 1. The number of nitrogens with two attached hydrogens (primary N) is 1. The Morgan fingerprint density at radius 1 is 1.47 bits per heavy atom. The molecule has 0 unspecified atom stereocenters. The van der Waals surface area contributed by atoms with Gasteiger partial charge in [0.2, 0.25) is 0 Å². The third-order valence-corrected chi connectivity index (χ3v) is 3.93. The number of rotatable bonds is 4. The molecule has 17 heavy (non-hydrogen) atoms. The second-order valence-corrected chi connectivity index (χ2v) is 5.08. The lowest BCUT2D eigenvalue weighted by Gasteiger charge is -2.06. The maximum Gasteiger partial charge on any atom is 0.162 e. The molecule has 0 spiro atoms. The Labute approximate surface area is 105 Å². The minimum Gasteiger partial charge on any atom is -0.397 e. The van der Waals surface area contributed by atoms with E-state index in [1.807, 2.05) is 0 Å². The van der Waals surface area contributed by atoms with Crippen molar-refractivity contribution in [2.45, 2.75) is 33.1 Å². The van der Waals surface area contributed by atoms with Crippen LogP contribution in [0.3, 0.4) is 0 Å². The van der Waals surface area contributed by atoms with E-state index in [1.165, 1.54) is 16.9 Å². The maximum atomic E-state index is 10.9. The van der Waals surface area contributed by atoms with E-state index >= 15 is 0 Å². The first-order chi connectivity index (χ1) is 8.21. The van der Waals surface area contributed by atoms with Gasteiger partial charge in [-0.25, -0.2) is 4.98 Å². The van der Waals surface area contributed by atoms with Crippen molar-refractivity contribution in [1.29, 1.82) is 0 Å². The summed E-state index contributed by atoms with van der Waals surface area (Å²) in [6.45, 7) is 4.26. The average Bonchev–Trinajstić information content (AvgIpc) is 2.65. The van der Waals surface area contributed by atoms with Crippen LogP contribution in [-0.2, 0) is 12.8 Å². The molecule has 0 atom stereocenters. The lowest BCUT2D eigenvalue weighted by Crippen LogP contribution is -1.97. The third kappa shape index (κ3) is 2.05. The topological polar surface area (TPSA) is 56.0 Å². The molecule has 0 aromatic carbocycles. The van der Waals surface area contributed by atoms with Gasteiger partial charge in [-0.3, -0.25) is 4.79 Å². The molecule has 0 aliphatic heterocycles. The number of aryl methyl sites for hydroxylation is 2. The minimum atomic E-state index is 0.574. The molecule has 0 fully saturated rings. The normalized spacial score (nSPS) is 10.9. The van der Waals surface area contributed by atoms with Gasteiger partial charge in [0.15, 0.2) is 6.29 Å². The van der Waals surface area contributed by atoms with E-state index in [4.69, 9.17) is 5.73 Å². The quantitative estimate of drug-likeness (QED) is 0.845. The van der Waals surface area contributed by atoms with Gasteiger partial charge in [0.05, 0.1) is 10.6 Å². The van der Waals surface area contributed by atoms with E-state index in [0.717, 1.165) is 41.5 Å². The fraction of sp³-hybridized carbons (Fsp3) is 0.385. The Balaban J connectivity index is 2.67. The van der Waals surface area contributed by atoms with Crippen LogP contribution in [0.25, 0.3) is 10.2 Å². The van der Waals surface area contributed by atoms with Crippen LogP contribution < -0.4 is 5.73 Å². The Hall–Kier alpha value is -1.42. The second kappa shape index (κ2) is 4.84. The van der Waals surface area contributed by atoms with E-state index < -0.39 is 0 Å². The number of carbonyl (C=O) groups excluding carboxylic acids is 1. The van der Waals surface area contributed by atoms with Crippen molar-refractivity contribution < 1.29 is 4.79 Å². The van der Waals surface area contributed by atoms with Gasteiger partial charge in [-0.15, -0.1) is 11.3 Å². The van der Waals surface area contributed by atoms with Crippen molar-refractivity contribution in [3.8, 4) is 0 Å². The van der Waals surface area contributed by atoms with Crippen LogP contribution in [0, 0.1) is 0 Å². The number of anilines is 1. The van der Waals surface area contributed by atoms with Crippen LogP contribution in [0.1, 0.15) is 41.2 Å². The van der Waals surface area contributed by atoms with E-state index in [0.29, 0.717) is 10.6 Å². The fourth-order valence-corrected chi connectivity index (χ4v) is 2.89. The third-order valence-electron chi connectivity index (χ3n) is 2.89. The summed E-state index contributed by atoms with van der Waals surface area (Å²) in [6, 6.07) is 2.09. The maximum absolute atomic E-state index is 10.9. The molecule has 90 valence electrons. The van der Waals surface area contributed by atoms with Crippen LogP contribution in [0.4, 0.5) is 5.69 Å². The SMILES string of the molecule is CCCc1nc2sc(C=O)c(N)c2cc1CC. The summed E-state index contributed by atoms with van der Waals surface area (Å²) in [5.74, 6) is 0. The number of hydrogen-bond donors (Lipinski definition) is 1. The van der Waals surface area contributed by atoms with Gasteiger partial charge in [-0.2, -0.15) is 0 Å². The first kappa shape index (κ1) is 12.0. The zero-order valence-corrected chi connectivity index (χ0v) is 10.9. The van der Waals surface area contributed by atoms with Gasteiger partial charge in [0, 0.05) is 11.1 Å². The fourth-order valence-electron chi connectivity index (χ4n) is 1.98. The molecule has 2 aromatic rings. The molecule has 0 aliphatic rings. The number of pyridine rings is 1. The number of nitrogen functional groups attached to an aromatic ring is 1. The summed E-state index contributed by atoms with van der Waals surface area (Å²) in [4.78, 5) is 17.0. The van der Waals surface area contributed by atoms with Gasteiger partial charge in [-0.1, -0.05) is 20.3 Å². The molecule has 0 saturated carbocycles. The summed E-state index contributed by atoms with van der Waals surface area (Å²) in [6.07, 6.45) is 3.82. The highest BCUT2D eigenvalue weighted by atomic mass is 32.1. The molecule has 0 amide bonds. The molecule has 0 saturated heterocycles. The van der Waals surface area contributed by atoms with Gasteiger partial charge < -0.3 is 5.73 Å².